The van der Waals surface area contributed by atoms with E-state index in [0.29, 0.717) is 25.1 Å². The first-order valence-corrected chi connectivity index (χ1v) is 10.3. The molecule has 31 heavy (non-hydrogen) atoms. The molecule has 2 N–H and O–H groups in total. The van der Waals surface area contributed by atoms with Crippen molar-refractivity contribution in [3.63, 3.8) is 0 Å². The molecule has 6 heteroatoms. The fourth-order valence-electron chi connectivity index (χ4n) is 4.04. The molecule has 5 nitrogen and oxygen atoms in total. The summed E-state index contributed by atoms with van der Waals surface area (Å²) in [5, 5.41) is 20.2. The van der Waals surface area contributed by atoms with E-state index in [0.717, 1.165) is 17.0 Å². The van der Waals surface area contributed by atoms with Gasteiger partial charge in [0, 0.05) is 5.69 Å². The summed E-state index contributed by atoms with van der Waals surface area (Å²) in [4.78, 5) is 2.15. The van der Waals surface area contributed by atoms with E-state index in [4.69, 9.17) is 9.47 Å². The minimum absolute atomic E-state index is 0.0594. The zero-order valence-electron chi connectivity index (χ0n) is 17.3. The fraction of sp³-hybridized carbons (Fsp3) is 0.280. The van der Waals surface area contributed by atoms with Crippen molar-refractivity contribution in [1.82, 2.24) is 0 Å². The molecule has 0 radical (unpaired) electrons. The van der Waals surface area contributed by atoms with Crippen LogP contribution in [0.15, 0.2) is 72.8 Å². The second-order valence-corrected chi connectivity index (χ2v) is 7.68. The van der Waals surface area contributed by atoms with E-state index >= 15 is 0 Å². The van der Waals surface area contributed by atoms with E-state index in [1.54, 1.807) is 31.4 Å². The van der Waals surface area contributed by atoms with Gasteiger partial charge in [-0.15, -0.1) is 0 Å². The molecule has 3 atom stereocenters. The standard InChI is InChI=1S/C25H26FNO4/c1-30-22-12-4-18(5-13-22)25-24(15-14-23(29)17-2-6-19(26)7-3-17)31-16-27(25)20-8-10-21(28)11-9-20/h2-13,23-25,28-29H,14-16H2,1H3. The van der Waals surface area contributed by atoms with Crippen LogP contribution in [0.1, 0.15) is 36.1 Å². The van der Waals surface area contributed by atoms with Crippen molar-refractivity contribution < 1.29 is 24.1 Å². The molecule has 3 aromatic rings. The van der Waals surface area contributed by atoms with Gasteiger partial charge in [0.25, 0.3) is 0 Å². The topological polar surface area (TPSA) is 62.2 Å². The van der Waals surface area contributed by atoms with E-state index in [9.17, 15) is 14.6 Å². The average Bonchev–Trinajstić information content (AvgIpc) is 3.22. The highest BCUT2D eigenvalue weighted by molar-refractivity contribution is 5.52. The molecule has 1 aliphatic heterocycles. The van der Waals surface area contributed by atoms with Gasteiger partial charge >= 0.3 is 0 Å². The normalized spacial score (nSPS) is 19.4. The number of methoxy groups -OCH3 is 1. The number of benzene rings is 3. The Morgan fingerprint density at radius 2 is 1.71 bits per heavy atom. The van der Waals surface area contributed by atoms with Crippen molar-refractivity contribution in [1.29, 1.82) is 0 Å². The van der Waals surface area contributed by atoms with Crippen LogP contribution in [0, 0.1) is 5.82 Å². The third kappa shape index (κ3) is 4.81. The summed E-state index contributed by atoms with van der Waals surface area (Å²) in [5.74, 6) is 0.671. The van der Waals surface area contributed by atoms with Crippen molar-refractivity contribution >= 4 is 5.69 Å². The van der Waals surface area contributed by atoms with Crippen molar-refractivity contribution in [2.45, 2.75) is 31.1 Å². The molecule has 0 amide bonds. The monoisotopic (exact) mass is 423 g/mol. The van der Waals surface area contributed by atoms with E-state index in [2.05, 4.69) is 4.90 Å². The molecule has 1 heterocycles. The summed E-state index contributed by atoms with van der Waals surface area (Å²) in [6.07, 6.45) is 0.289. The second-order valence-electron chi connectivity index (χ2n) is 7.68. The van der Waals surface area contributed by atoms with Crippen LogP contribution in [0.3, 0.4) is 0 Å². The number of rotatable bonds is 7. The van der Waals surface area contributed by atoms with Gasteiger partial charge in [0.15, 0.2) is 0 Å². The Bertz CT molecular complexity index is 976. The summed E-state index contributed by atoms with van der Waals surface area (Å²) < 4.78 is 24.6. The van der Waals surface area contributed by atoms with Gasteiger partial charge in [0.2, 0.25) is 0 Å². The molecule has 162 valence electrons. The quantitative estimate of drug-likeness (QED) is 0.563. The predicted octanol–water partition coefficient (Wildman–Crippen LogP) is 4.96. The predicted molar refractivity (Wildman–Crippen MR) is 117 cm³/mol. The molecule has 0 aromatic heterocycles. The lowest BCUT2D eigenvalue weighted by molar-refractivity contribution is 0.0749. The first kappa shape index (κ1) is 21.2. The van der Waals surface area contributed by atoms with Crippen LogP contribution in [0.25, 0.3) is 0 Å². The number of nitrogens with zero attached hydrogens (tertiary/aromatic N) is 1. The molecule has 1 aliphatic rings. The van der Waals surface area contributed by atoms with Gasteiger partial charge in [0.1, 0.15) is 24.0 Å². The van der Waals surface area contributed by atoms with Crippen LogP contribution >= 0.6 is 0 Å². The average molecular weight is 423 g/mol. The largest absolute Gasteiger partial charge is 0.508 e. The minimum Gasteiger partial charge on any atom is -0.508 e. The lowest BCUT2D eigenvalue weighted by atomic mass is 9.94. The summed E-state index contributed by atoms with van der Waals surface area (Å²) in [5.41, 5.74) is 2.71. The van der Waals surface area contributed by atoms with Crippen LogP contribution < -0.4 is 9.64 Å². The highest BCUT2D eigenvalue weighted by atomic mass is 19.1. The number of hydrogen-bond donors (Lipinski definition) is 2. The molecule has 3 unspecified atom stereocenters. The number of aromatic hydroxyl groups is 1. The van der Waals surface area contributed by atoms with E-state index in [1.165, 1.54) is 12.1 Å². The lowest BCUT2D eigenvalue weighted by Gasteiger charge is -2.28. The highest BCUT2D eigenvalue weighted by Gasteiger charge is 2.36. The molecular formula is C25H26FNO4. The Morgan fingerprint density at radius 1 is 1.03 bits per heavy atom. The lowest BCUT2D eigenvalue weighted by Crippen LogP contribution is -2.27. The van der Waals surface area contributed by atoms with Gasteiger partial charge in [-0.2, -0.15) is 0 Å². The molecule has 3 aromatic carbocycles. The first-order valence-electron chi connectivity index (χ1n) is 10.3. The Labute approximate surface area is 181 Å². The summed E-state index contributed by atoms with van der Waals surface area (Å²) >= 11 is 0. The van der Waals surface area contributed by atoms with E-state index in [1.807, 2.05) is 36.4 Å². The number of aliphatic hydroxyl groups excluding tert-OH is 1. The summed E-state index contributed by atoms with van der Waals surface area (Å²) in [7, 11) is 1.63. The number of anilines is 1. The van der Waals surface area contributed by atoms with Gasteiger partial charge in [-0.1, -0.05) is 24.3 Å². The number of hydrogen-bond acceptors (Lipinski definition) is 5. The highest BCUT2D eigenvalue weighted by Crippen LogP contribution is 2.39. The minimum atomic E-state index is -0.691. The molecular weight excluding hydrogens is 397 g/mol. The van der Waals surface area contributed by atoms with Gasteiger partial charge in [-0.25, -0.2) is 4.39 Å². The molecule has 1 fully saturated rings. The SMILES string of the molecule is COc1ccc(C2C(CCC(O)c3ccc(F)cc3)OCN2c2ccc(O)cc2)cc1. The maximum Gasteiger partial charge on any atom is 0.123 e. The van der Waals surface area contributed by atoms with Crippen molar-refractivity contribution in [2.24, 2.45) is 0 Å². The number of phenolic OH excluding ortho intramolecular Hbond substituents is 1. The fourth-order valence-corrected chi connectivity index (χ4v) is 4.04. The number of phenols is 1. The van der Waals surface area contributed by atoms with Crippen molar-refractivity contribution in [3.8, 4) is 11.5 Å². The van der Waals surface area contributed by atoms with E-state index in [-0.39, 0.29) is 23.7 Å². The first-order chi connectivity index (χ1) is 15.0. The molecule has 4 rings (SSSR count). The van der Waals surface area contributed by atoms with Crippen LogP contribution in [-0.4, -0.2) is 30.2 Å². The molecule has 0 saturated carbocycles. The molecule has 0 aliphatic carbocycles. The van der Waals surface area contributed by atoms with Gasteiger partial charge in [0.05, 0.1) is 25.4 Å². The van der Waals surface area contributed by atoms with Crippen molar-refractivity contribution in [3.05, 3.63) is 89.7 Å². The van der Waals surface area contributed by atoms with Crippen LogP contribution in [0.2, 0.25) is 0 Å². The van der Waals surface area contributed by atoms with Crippen LogP contribution in [0.5, 0.6) is 11.5 Å². The van der Waals surface area contributed by atoms with E-state index < -0.39 is 6.10 Å². The second kappa shape index (κ2) is 9.37. The Balaban J connectivity index is 1.54. The summed E-state index contributed by atoms with van der Waals surface area (Å²) in [6, 6.07) is 20.8. The third-order valence-electron chi connectivity index (χ3n) is 5.73. The van der Waals surface area contributed by atoms with Crippen molar-refractivity contribution in [2.75, 3.05) is 18.7 Å². The van der Waals surface area contributed by atoms with Gasteiger partial charge in [-0.3, -0.25) is 0 Å². The zero-order chi connectivity index (χ0) is 21.8. The Hall–Kier alpha value is -3.09. The molecule has 0 bridgehead atoms. The smallest absolute Gasteiger partial charge is 0.123 e. The molecule has 1 saturated heterocycles. The maximum absolute atomic E-state index is 13.2. The van der Waals surface area contributed by atoms with Crippen LogP contribution in [-0.2, 0) is 4.74 Å². The third-order valence-corrected chi connectivity index (χ3v) is 5.73. The van der Waals surface area contributed by atoms with Gasteiger partial charge in [-0.05, 0) is 72.5 Å². The molecule has 0 spiro atoms. The number of halogens is 1. The Kier molecular flexibility index (Phi) is 6.39. The summed E-state index contributed by atoms with van der Waals surface area (Å²) in [6.45, 7) is 0.402. The zero-order valence-corrected chi connectivity index (χ0v) is 17.3. The number of aliphatic hydroxyl groups is 1. The maximum atomic E-state index is 13.2. The van der Waals surface area contributed by atoms with Gasteiger partial charge < -0.3 is 24.6 Å². The Morgan fingerprint density at radius 3 is 2.35 bits per heavy atom. The van der Waals surface area contributed by atoms with Crippen LogP contribution in [0.4, 0.5) is 10.1 Å². The number of ether oxygens (including phenoxy) is 2.